The Kier molecular flexibility index (Phi) is 2.84. The second-order valence-corrected chi connectivity index (χ2v) is 4.39. The molecule has 7 heteroatoms. The van der Waals surface area contributed by atoms with E-state index in [1.54, 1.807) is 25.3 Å². The van der Waals surface area contributed by atoms with Gasteiger partial charge >= 0.3 is 0 Å². The number of halogens is 1. The Morgan fingerprint density at radius 2 is 2.24 bits per heavy atom. The zero-order chi connectivity index (χ0) is 12.6. The summed E-state index contributed by atoms with van der Waals surface area (Å²) in [4.78, 5) is 10.4. The number of hydrogen-bond donors (Lipinski definition) is 1. The van der Waals surface area contributed by atoms with Crippen LogP contribution in [0.3, 0.4) is 0 Å². The summed E-state index contributed by atoms with van der Waals surface area (Å²) in [6.45, 7) is 1.68. The molecular formula is C10H9BrN4O2. The Morgan fingerprint density at radius 3 is 2.76 bits per heavy atom. The highest BCUT2D eigenvalue weighted by atomic mass is 79.9. The summed E-state index contributed by atoms with van der Waals surface area (Å²) in [5, 5.41) is 14.9. The molecule has 0 fully saturated rings. The lowest BCUT2D eigenvalue weighted by atomic mass is 10.2. The van der Waals surface area contributed by atoms with E-state index in [0.29, 0.717) is 17.1 Å². The normalized spacial score (nSPS) is 10.5. The van der Waals surface area contributed by atoms with E-state index >= 15 is 0 Å². The zero-order valence-corrected chi connectivity index (χ0v) is 10.5. The number of anilines is 1. The minimum Gasteiger partial charge on any atom is -0.382 e. The largest absolute Gasteiger partial charge is 0.382 e. The third-order valence-electron chi connectivity index (χ3n) is 2.32. The van der Waals surface area contributed by atoms with Crippen LogP contribution in [0.4, 0.5) is 11.5 Å². The van der Waals surface area contributed by atoms with Crippen molar-refractivity contribution in [2.45, 2.75) is 6.92 Å². The molecule has 17 heavy (non-hydrogen) atoms. The second kappa shape index (κ2) is 4.17. The average molecular weight is 297 g/mol. The van der Waals surface area contributed by atoms with Crippen LogP contribution in [0, 0.1) is 17.0 Å². The van der Waals surface area contributed by atoms with Gasteiger partial charge in [0.15, 0.2) is 0 Å². The summed E-state index contributed by atoms with van der Waals surface area (Å²) < 4.78 is 2.22. The number of aromatic nitrogens is 2. The molecule has 1 aromatic heterocycles. The van der Waals surface area contributed by atoms with E-state index in [4.69, 9.17) is 5.73 Å². The first kappa shape index (κ1) is 11.6. The molecule has 2 aromatic rings. The standard InChI is InChI=1S/C10H9BrN4O2/c1-6-4-7(11)9(5-8(6)15(16)17)14-3-2-10(12)13-14/h2-5H,1H3,(H2,12,13). The van der Waals surface area contributed by atoms with Crippen molar-refractivity contribution in [2.75, 3.05) is 5.73 Å². The van der Waals surface area contributed by atoms with Crippen LogP contribution in [0.2, 0.25) is 0 Å². The van der Waals surface area contributed by atoms with E-state index in [9.17, 15) is 10.1 Å². The van der Waals surface area contributed by atoms with Gasteiger partial charge in [0.1, 0.15) is 5.82 Å². The van der Waals surface area contributed by atoms with E-state index in [-0.39, 0.29) is 5.69 Å². The summed E-state index contributed by atoms with van der Waals surface area (Å²) >= 11 is 3.35. The number of nitro benzene ring substituents is 1. The van der Waals surface area contributed by atoms with Gasteiger partial charge in [-0.15, -0.1) is 0 Å². The highest BCUT2D eigenvalue weighted by molar-refractivity contribution is 9.10. The Hall–Kier alpha value is -1.89. The van der Waals surface area contributed by atoms with Crippen LogP contribution < -0.4 is 5.73 Å². The number of nitrogens with two attached hydrogens (primary N) is 1. The third kappa shape index (κ3) is 2.14. The fraction of sp³-hybridized carbons (Fsp3) is 0.100. The topological polar surface area (TPSA) is 87.0 Å². The molecule has 0 amide bonds. The molecule has 6 nitrogen and oxygen atoms in total. The van der Waals surface area contributed by atoms with Crippen LogP contribution in [0.25, 0.3) is 5.69 Å². The van der Waals surface area contributed by atoms with Crippen molar-refractivity contribution >= 4 is 27.4 Å². The molecule has 0 atom stereocenters. The highest BCUT2D eigenvalue weighted by Crippen LogP contribution is 2.29. The molecule has 0 saturated carbocycles. The summed E-state index contributed by atoms with van der Waals surface area (Å²) in [7, 11) is 0. The maximum absolute atomic E-state index is 10.9. The minimum absolute atomic E-state index is 0.0530. The molecular weight excluding hydrogens is 288 g/mol. The van der Waals surface area contributed by atoms with Gasteiger partial charge in [-0.1, -0.05) is 0 Å². The fourth-order valence-corrected chi connectivity index (χ4v) is 2.13. The van der Waals surface area contributed by atoms with Crippen molar-refractivity contribution in [1.82, 2.24) is 9.78 Å². The second-order valence-electron chi connectivity index (χ2n) is 3.53. The van der Waals surface area contributed by atoms with Gasteiger partial charge in [0.25, 0.3) is 5.69 Å². The molecule has 0 saturated heterocycles. The van der Waals surface area contributed by atoms with E-state index in [1.807, 2.05) is 0 Å². The van der Waals surface area contributed by atoms with Crippen LogP contribution in [0.5, 0.6) is 0 Å². The van der Waals surface area contributed by atoms with Crippen molar-refractivity contribution in [1.29, 1.82) is 0 Å². The van der Waals surface area contributed by atoms with Gasteiger partial charge in [0.05, 0.1) is 10.6 Å². The number of benzene rings is 1. The number of nitrogen functional groups attached to an aromatic ring is 1. The van der Waals surface area contributed by atoms with Crippen LogP contribution in [-0.4, -0.2) is 14.7 Å². The monoisotopic (exact) mass is 296 g/mol. The number of nitrogens with zero attached hydrogens (tertiary/aromatic N) is 3. The van der Waals surface area contributed by atoms with Crippen LogP contribution in [0.1, 0.15) is 5.56 Å². The van der Waals surface area contributed by atoms with Gasteiger partial charge in [0.2, 0.25) is 0 Å². The van der Waals surface area contributed by atoms with Gasteiger partial charge in [-0.2, -0.15) is 5.10 Å². The van der Waals surface area contributed by atoms with Crippen molar-refractivity contribution in [2.24, 2.45) is 0 Å². The number of aryl methyl sites for hydroxylation is 1. The van der Waals surface area contributed by atoms with Crippen molar-refractivity contribution in [3.8, 4) is 5.69 Å². The molecule has 0 aliphatic carbocycles. The number of rotatable bonds is 2. The summed E-state index contributed by atoms with van der Waals surface area (Å²) in [5.74, 6) is 0.361. The predicted octanol–water partition coefficient (Wildman–Crippen LogP) is 2.43. The van der Waals surface area contributed by atoms with Gasteiger partial charge in [0, 0.05) is 28.4 Å². The fourth-order valence-electron chi connectivity index (χ4n) is 1.49. The average Bonchev–Trinajstić information content (AvgIpc) is 2.64. The zero-order valence-electron chi connectivity index (χ0n) is 8.92. The molecule has 2 rings (SSSR count). The highest BCUT2D eigenvalue weighted by Gasteiger charge is 2.15. The van der Waals surface area contributed by atoms with Gasteiger partial charge in [-0.25, -0.2) is 4.68 Å². The molecule has 0 unspecified atom stereocenters. The molecule has 0 bridgehead atoms. The lowest BCUT2D eigenvalue weighted by Gasteiger charge is -2.06. The molecule has 0 radical (unpaired) electrons. The maximum Gasteiger partial charge on any atom is 0.274 e. The minimum atomic E-state index is -0.419. The first-order chi connectivity index (χ1) is 7.99. The molecule has 0 spiro atoms. The Bertz CT molecular complexity index is 594. The van der Waals surface area contributed by atoms with E-state index in [0.717, 1.165) is 4.47 Å². The predicted molar refractivity (Wildman–Crippen MR) is 67.1 cm³/mol. The van der Waals surface area contributed by atoms with Crippen molar-refractivity contribution < 1.29 is 4.92 Å². The van der Waals surface area contributed by atoms with Gasteiger partial charge in [-0.05, 0) is 28.9 Å². The van der Waals surface area contributed by atoms with Crippen LogP contribution >= 0.6 is 15.9 Å². The van der Waals surface area contributed by atoms with Crippen molar-refractivity contribution in [3.63, 3.8) is 0 Å². The Balaban J connectivity index is 2.62. The molecule has 1 aromatic carbocycles. The van der Waals surface area contributed by atoms with E-state index in [2.05, 4.69) is 21.0 Å². The van der Waals surface area contributed by atoms with Gasteiger partial charge < -0.3 is 5.73 Å². The Labute approximate surface area is 105 Å². The van der Waals surface area contributed by atoms with Crippen molar-refractivity contribution in [3.05, 3.63) is 44.5 Å². The lowest BCUT2D eigenvalue weighted by molar-refractivity contribution is -0.385. The molecule has 0 aliphatic rings. The SMILES string of the molecule is Cc1cc(Br)c(-n2ccc(N)n2)cc1[N+](=O)[O-]. The van der Waals surface area contributed by atoms with Crippen LogP contribution in [0.15, 0.2) is 28.9 Å². The van der Waals surface area contributed by atoms with E-state index in [1.165, 1.54) is 10.7 Å². The third-order valence-corrected chi connectivity index (χ3v) is 2.95. The molecule has 1 heterocycles. The van der Waals surface area contributed by atoms with E-state index < -0.39 is 4.92 Å². The first-order valence-electron chi connectivity index (χ1n) is 4.75. The lowest BCUT2D eigenvalue weighted by Crippen LogP contribution is -2.00. The maximum atomic E-state index is 10.9. The first-order valence-corrected chi connectivity index (χ1v) is 5.54. The summed E-state index contributed by atoms with van der Waals surface area (Å²) in [6, 6.07) is 4.77. The number of hydrogen-bond acceptors (Lipinski definition) is 4. The van der Waals surface area contributed by atoms with Gasteiger partial charge in [-0.3, -0.25) is 10.1 Å². The summed E-state index contributed by atoms with van der Waals surface area (Å²) in [5.41, 5.74) is 6.74. The summed E-state index contributed by atoms with van der Waals surface area (Å²) in [6.07, 6.45) is 1.65. The van der Waals surface area contributed by atoms with Crippen LogP contribution in [-0.2, 0) is 0 Å². The number of nitro groups is 1. The quantitative estimate of drug-likeness (QED) is 0.681. The molecule has 0 aliphatic heterocycles. The Morgan fingerprint density at radius 1 is 1.53 bits per heavy atom. The molecule has 88 valence electrons. The smallest absolute Gasteiger partial charge is 0.274 e. The molecule has 2 N–H and O–H groups in total.